The number of ether oxygens (including phenoxy) is 1. The van der Waals surface area contributed by atoms with Gasteiger partial charge in [0.05, 0.1) is 6.61 Å². The molecule has 144 valence electrons. The summed E-state index contributed by atoms with van der Waals surface area (Å²) < 4.78 is 5.87. The van der Waals surface area contributed by atoms with Gasteiger partial charge in [-0.3, -0.25) is 4.79 Å². The third-order valence-electron chi connectivity index (χ3n) is 5.07. The molecule has 2 aromatic carbocycles. The first kappa shape index (κ1) is 19.3. The average molecular weight is 367 g/mol. The quantitative estimate of drug-likeness (QED) is 0.696. The maximum absolute atomic E-state index is 12.4. The number of anilines is 1. The highest BCUT2D eigenvalue weighted by atomic mass is 16.5. The van der Waals surface area contributed by atoms with E-state index >= 15 is 0 Å². The van der Waals surface area contributed by atoms with Crippen LogP contribution in [-0.2, 0) is 4.79 Å². The lowest BCUT2D eigenvalue weighted by molar-refractivity contribution is -0.130. The van der Waals surface area contributed by atoms with Crippen LogP contribution < -0.4 is 10.1 Å². The van der Waals surface area contributed by atoms with Crippen molar-refractivity contribution in [3.05, 3.63) is 59.7 Å². The molecule has 1 aliphatic heterocycles. The third kappa shape index (κ3) is 5.75. The van der Waals surface area contributed by atoms with Crippen molar-refractivity contribution in [2.45, 2.75) is 45.6 Å². The fourth-order valence-electron chi connectivity index (χ4n) is 3.46. The maximum atomic E-state index is 12.4. The molecule has 1 saturated heterocycles. The molecule has 1 heterocycles. The maximum Gasteiger partial charge on any atom is 0.222 e. The lowest BCUT2D eigenvalue weighted by Crippen LogP contribution is -2.31. The summed E-state index contributed by atoms with van der Waals surface area (Å²) in [6.45, 7) is 6.44. The van der Waals surface area contributed by atoms with Gasteiger partial charge in [-0.2, -0.15) is 0 Å². The smallest absolute Gasteiger partial charge is 0.222 e. The number of carbonyl (C=O) groups is 1. The molecule has 0 saturated carbocycles. The Labute approximate surface area is 162 Å². The topological polar surface area (TPSA) is 41.6 Å². The first-order valence-corrected chi connectivity index (χ1v) is 9.91. The Balaban J connectivity index is 1.33. The molecule has 3 rings (SSSR count). The highest BCUT2D eigenvalue weighted by molar-refractivity contribution is 5.76. The van der Waals surface area contributed by atoms with E-state index < -0.39 is 0 Å². The van der Waals surface area contributed by atoms with Crippen molar-refractivity contribution in [2.24, 2.45) is 0 Å². The monoisotopic (exact) mass is 366 g/mol. The second-order valence-electron chi connectivity index (χ2n) is 7.41. The van der Waals surface area contributed by atoms with Crippen LogP contribution in [0.4, 0.5) is 5.69 Å². The molecule has 0 aromatic heterocycles. The van der Waals surface area contributed by atoms with E-state index in [1.165, 1.54) is 5.56 Å². The summed E-state index contributed by atoms with van der Waals surface area (Å²) in [7, 11) is 0. The normalized spacial score (nSPS) is 16.4. The molecule has 27 heavy (non-hydrogen) atoms. The Bertz CT molecular complexity index is 745. The van der Waals surface area contributed by atoms with Crippen molar-refractivity contribution >= 4 is 11.6 Å². The minimum atomic E-state index is 0.263. The number of para-hydroxylation sites is 1. The minimum Gasteiger partial charge on any atom is -0.493 e. The Kier molecular flexibility index (Phi) is 6.74. The molecule has 4 nitrogen and oxygen atoms in total. The first-order valence-electron chi connectivity index (χ1n) is 9.91. The van der Waals surface area contributed by atoms with Crippen molar-refractivity contribution in [2.75, 3.05) is 25.0 Å². The van der Waals surface area contributed by atoms with E-state index in [2.05, 4.69) is 49.5 Å². The number of likely N-dealkylation sites (tertiary alicyclic amines) is 1. The fourth-order valence-corrected chi connectivity index (χ4v) is 3.46. The van der Waals surface area contributed by atoms with Crippen molar-refractivity contribution in [1.82, 2.24) is 4.90 Å². The van der Waals surface area contributed by atoms with Crippen LogP contribution >= 0.6 is 0 Å². The molecule has 4 heteroatoms. The summed E-state index contributed by atoms with van der Waals surface area (Å²) in [6, 6.07) is 16.8. The van der Waals surface area contributed by atoms with Crippen molar-refractivity contribution < 1.29 is 9.53 Å². The van der Waals surface area contributed by atoms with Gasteiger partial charge in [0.1, 0.15) is 5.75 Å². The van der Waals surface area contributed by atoms with E-state index in [1.54, 1.807) is 0 Å². The second-order valence-corrected chi connectivity index (χ2v) is 7.41. The number of benzene rings is 2. The van der Waals surface area contributed by atoms with E-state index in [4.69, 9.17) is 4.74 Å². The molecular weight excluding hydrogens is 336 g/mol. The number of nitrogens with zero attached hydrogens (tertiary/aromatic N) is 1. The zero-order chi connectivity index (χ0) is 19.1. The molecular formula is C23H30N2O2. The number of hydrogen-bond acceptors (Lipinski definition) is 3. The van der Waals surface area contributed by atoms with Crippen LogP contribution in [0.5, 0.6) is 5.75 Å². The summed E-state index contributed by atoms with van der Waals surface area (Å²) in [5, 5.41) is 3.52. The predicted octanol–water partition coefficient (Wildman–Crippen LogP) is 4.57. The van der Waals surface area contributed by atoms with Crippen molar-refractivity contribution in [1.29, 1.82) is 0 Å². The Morgan fingerprint density at radius 3 is 2.78 bits per heavy atom. The van der Waals surface area contributed by atoms with Gasteiger partial charge in [-0.25, -0.2) is 0 Å². The third-order valence-corrected chi connectivity index (χ3v) is 5.07. The summed E-state index contributed by atoms with van der Waals surface area (Å²) in [4.78, 5) is 14.4. The standard InChI is InChI=1S/C23H30N2O2/c1-18-11-12-19(2)22(16-18)27-15-7-6-10-23(26)25-14-13-21(17-25)24-20-8-4-3-5-9-20/h3-5,8-9,11-12,16,21,24H,6-7,10,13-15,17H2,1-2H3. The number of carbonyl (C=O) groups excluding carboxylic acids is 1. The number of rotatable bonds is 8. The van der Waals surface area contributed by atoms with E-state index in [-0.39, 0.29) is 5.91 Å². The van der Waals surface area contributed by atoms with Crippen LogP contribution in [0.15, 0.2) is 48.5 Å². The Morgan fingerprint density at radius 2 is 1.96 bits per heavy atom. The average Bonchev–Trinajstić information content (AvgIpc) is 3.13. The number of unbranched alkanes of at least 4 members (excludes halogenated alkanes) is 1. The van der Waals surface area contributed by atoms with Gasteiger partial charge >= 0.3 is 0 Å². The summed E-state index contributed by atoms with van der Waals surface area (Å²) in [5.41, 5.74) is 3.49. The summed E-state index contributed by atoms with van der Waals surface area (Å²) >= 11 is 0. The van der Waals surface area contributed by atoms with Crippen LogP contribution in [0, 0.1) is 13.8 Å². The highest BCUT2D eigenvalue weighted by Gasteiger charge is 2.25. The largest absolute Gasteiger partial charge is 0.493 e. The molecule has 1 atom stereocenters. The first-order chi connectivity index (χ1) is 13.1. The van der Waals surface area contributed by atoms with E-state index in [0.29, 0.717) is 19.1 Å². The molecule has 0 radical (unpaired) electrons. The zero-order valence-electron chi connectivity index (χ0n) is 16.4. The number of hydrogen-bond donors (Lipinski definition) is 1. The molecule has 1 N–H and O–H groups in total. The molecule has 2 aromatic rings. The molecule has 1 unspecified atom stereocenters. The van der Waals surface area contributed by atoms with Gasteiger partial charge in [0, 0.05) is 31.2 Å². The SMILES string of the molecule is Cc1ccc(C)c(OCCCCC(=O)N2CCC(Nc3ccccc3)C2)c1. The Morgan fingerprint density at radius 1 is 1.15 bits per heavy atom. The molecule has 1 fully saturated rings. The second kappa shape index (κ2) is 9.45. The van der Waals surface area contributed by atoms with Gasteiger partial charge in [0.2, 0.25) is 5.91 Å². The fraction of sp³-hybridized carbons (Fsp3) is 0.435. The number of aryl methyl sites for hydroxylation is 2. The molecule has 1 aliphatic rings. The predicted molar refractivity (Wildman–Crippen MR) is 110 cm³/mol. The van der Waals surface area contributed by atoms with E-state index in [1.807, 2.05) is 23.1 Å². The van der Waals surface area contributed by atoms with Crippen LogP contribution in [0.2, 0.25) is 0 Å². The number of nitrogens with one attached hydrogen (secondary N) is 1. The van der Waals surface area contributed by atoms with Gasteiger partial charge in [0.25, 0.3) is 0 Å². The van der Waals surface area contributed by atoms with Crippen LogP contribution in [-0.4, -0.2) is 36.5 Å². The van der Waals surface area contributed by atoms with Crippen LogP contribution in [0.1, 0.15) is 36.8 Å². The van der Waals surface area contributed by atoms with Gasteiger partial charge in [-0.05, 0) is 62.4 Å². The highest BCUT2D eigenvalue weighted by Crippen LogP contribution is 2.20. The van der Waals surface area contributed by atoms with Crippen molar-refractivity contribution in [3.63, 3.8) is 0 Å². The molecule has 0 aliphatic carbocycles. The van der Waals surface area contributed by atoms with Crippen LogP contribution in [0.3, 0.4) is 0 Å². The van der Waals surface area contributed by atoms with Gasteiger partial charge in [-0.15, -0.1) is 0 Å². The lowest BCUT2D eigenvalue weighted by Gasteiger charge is -2.18. The molecule has 1 amide bonds. The Hall–Kier alpha value is -2.49. The minimum absolute atomic E-state index is 0.263. The van der Waals surface area contributed by atoms with E-state index in [9.17, 15) is 4.79 Å². The summed E-state index contributed by atoms with van der Waals surface area (Å²) in [6.07, 6.45) is 3.39. The van der Waals surface area contributed by atoms with Gasteiger partial charge in [0.15, 0.2) is 0 Å². The van der Waals surface area contributed by atoms with E-state index in [0.717, 1.165) is 49.4 Å². The molecule has 0 bridgehead atoms. The summed E-state index contributed by atoms with van der Waals surface area (Å²) in [5.74, 6) is 1.22. The van der Waals surface area contributed by atoms with Gasteiger partial charge < -0.3 is 15.0 Å². The number of amides is 1. The van der Waals surface area contributed by atoms with Gasteiger partial charge in [-0.1, -0.05) is 30.3 Å². The molecule has 0 spiro atoms. The van der Waals surface area contributed by atoms with Crippen molar-refractivity contribution in [3.8, 4) is 5.75 Å². The zero-order valence-corrected chi connectivity index (χ0v) is 16.4. The lowest BCUT2D eigenvalue weighted by atomic mass is 10.1. The van der Waals surface area contributed by atoms with Crippen LogP contribution in [0.25, 0.3) is 0 Å².